The first-order valence-electron chi connectivity index (χ1n) is 9.34. The van der Waals surface area contributed by atoms with E-state index < -0.39 is 21.8 Å². The van der Waals surface area contributed by atoms with Gasteiger partial charge in [-0.05, 0) is 56.0 Å². The summed E-state index contributed by atoms with van der Waals surface area (Å²) in [7, 11) is 1.54. The average Bonchev–Trinajstić information content (AvgIpc) is 3.27. The number of carbonyl (C=O) groups excluding carboxylic acids is 2. The molecule has 0 aliphatic heterocycles. The van der Waals surface area contributed by atoms with E-state index in [0.717, 1.165) is 29.7 Å². The Kier molecular flexibility index (Phi) is 7.39. The van der Waals surface area contributed by atoms with Crippen LogP contribution in [0.25, 0.3) is 0 Å². The summed E-state index contributed by atoms with van der Waals surface area (Å²) in [5, 5.41) is 6.25. The molecule has 0 bridgehead atoms. The minimum Gasteiger partial charge on any atom is -0.497 e. The van der Waals surface area contributed by atoms with Gasteiger partial charge >= 0.3 is 5.97 Å². The van der Waals surface area contributed by atoms with Gasteiger partial charge in [-0.2, -0.15) is 0 Å². The Labute approximate surface area is 193 Å². The number of ether oxygens (including phenoxy) is 2. The first kappa shape index (κ1) is 23.0. The number of fused-ring (bicyclic) bond motifs is 1. The lowest BCUT2D eigenvalue weighted by Gasteiger charge is -2.27. The van der Waals surface area contributed by atoms with Gasteiger partial charge in [-0.15, -0.1) is 11.3 Å². The molecule has 3 rings (SSSR count). The van der Waals surface area contributed by atoms with Gasteiger partial charge in [-0.25, -0.2) is 4.79 Å². The van der Waals surface area contributed by atoms with E-state index in [1.807, 2.05) is 0 Å². The van der Waals surface area contributed by atoms with Crippen LogP contribution in [0.15, 0.2) is 24.3 Å². The number of alkyl halides is 3. The van der Waals surface area contributed by atoms with Crippen LogP contribution in [0.1, 0.15) is 44.5 Å². The number of carbonyl (C=O) groups is 2. The first-order valence-corrected chi connectivity index (χ1v) is 11.3. The number of aryl methyl sites for hydroxylation is 1. The summed E-state index contributed by atoms with van der Waals surface area (Å²) in [5.41, 5.74) is 1.79. The molecule has 1 atom stereocenters. The van der Waals surface area contributed by atoms with Crippen molar-refractivity contribution >= 4 is 63.0 Å². The second kappa shape index (κ2) is 9.64. The summed E-state index contributed by atoms with van der Waals surface area (Å²) < 4.78 is 8.45. The molecule has 0 radical (unpaired) electrons. The van der Waals surface area contributed by atoms with Crippen molar-refractivity contribution < 1.29 is 19.1 Å². The van der Waals surface area contributed by atoms with Crippen molar-refractivity contribution in [3.05, 3.63) is 45.8 Å². The van der Waals surface area contributed by atoms with Crippen molar-refractivity contribution in [2.24, 2.45) is 0 Å². The van der Waals surface area contributed by atoms with E-state index in [9.17, 15) is 9.59 Å². The zero-order valence-electron chi connectivity index (χ0n) is 16.4. The molecule has 1 aromatic carbocycles. The molecule has 0 unspecified atom stereocenters. The quantitative estimate of drug-likeness (QED) is 0.325. The highest BCUT2D eigenvalue weighted by atomic mass is 35.6. The SMILES string of the molecule is CCOC(=O)c1c(N[C@@H](NC(=O)c2ccc(OC)cc2)C(Cl)(Cl)Cl)sc2c1CCC2. The number of benzene rings is 1. The standard InChI is InChI=1S/C20H21Cl3N2O4S/c1-3-29-18(27)15-13-5-4-6-14(13)30-17(15)25-19(20(21,22)23)24-16(26)11-7-9-12(28-2)10-8-11/h7-10,19,25H,3-6H2,1-2H3,(H,24,26)/t19-/m1/s1. The van der Waals surface area contributed by atoms with Crippen LogP contribution in [-0.4, -0.2) is 35.6 Å². The molecule has 1 heterocycles. The van der Waals surface area contributed by atoms with Gasteiger partial charge in [0, 0.05) is 10.4 Å². The minimum atomic E-state index is -1.87. The lowest BCUT2D eigenvalue weighted by atomic mass is 10.1. The Bertz CT molecular complexity index is 925. The van der Waals surface area contributed by atoms with Crippen molar-refractivity contribution in [1.82, 2.24) is 5.32 Å². The van der Waals surface area contributed by atoms with Gasteiger partial charge in [0.05, 0.1) is 19.3 Å². The van der Waals surface area contributed by atoms with Gasteiger partial charge in [0.15, 0.2) is 0 Å². The number of anilines is 1. The number of halogens is 3. The van der Waals surface area contributed by atoms with Gasteiger partial charge in [-0.1, -0.05) is 34.8 Å². The van der Waals surface area contributed by atoms with E-state index in [1.54, 1.807) is 31.2 Å². The van der Waals surface area contributed by atoms with Crippen LogP contribution in [-0.2, 0) is 17.6 Å². The zero-order valence-corrected chi connectivity index (χ0v) is 19.5. The maximum atomic E-state index is 12.7. The third-order valence-electron chi connectivity index (χ3n) is 4.63. The molecule has 0 saturated heterocycles. The second-order valence-corrected chi connectivity index (χ2v) is 10.1. The van der Waals surface area contributed by atoms with Crippen LogP contribution < -0.4 is 15.4 Å². The highest BCUT2D eigenvalue weighted by Gasteiger charge is 2.37. The van der Waals surface area contributed by atoms with Gasteiger partial charge in [-0.3, -0.25) is 4.79 Å². The summed E-state index contributed by atoms with van der Waals surface area (Å²) in [6.45, 7) is 2.00. The smallest absolute Gasteiger partial charge is 0.341 e. The van der Waals surface area contributed by atoms with E-state index in [1.165, 1.54) is 18.4 Å². The highest BCUT2D eigenvalue weighted by molar-refractivity contribution is 7.16. The molecular formula is C20H21Cl3N2O4S. The van der Waals surface area contributed by atoms with Gasteiger partial charge in [0.1, 0.15) is 16.9 Å². The molecular weight excluding hydrogens is 471 g/mol. The number of thiophene rings is 1. The number of methoxy groups -OCH3 is 1. The van der Waals surface area contributed by atoms with Gasteiger partial charge in [0.25, 0.3) is 5.91 Å². The summed E-state index contributed by atoms with van der Waals surface area (Å²) in [6.07, 6.45) is 1.57. The first-order chi connectivity index (χ1) is 14.2. The van der Waals surface area contributed by atoms with Crippen molar-refractivity contribution in [2.45, 2.75) is 36.1 Å². The average molecular weight is 492 g/mol. The van der Waals surface area contributed by atoms with E-state index in [2.05, 4.69) is 10.6 Å². The Balaban J connectivity index is 1.85. The number of nitrogens with one attached hydrogen (secondary N) is 2. The number of hydrogen-bond donors (Lipinski definition) is 2. The molecule has 10 heteroatoms. The fourth-order valence-corrected chi connectivity index (χ4v) is 4.85. The molecule has 6 nitrogen and oxygen atoms in total. The monoisotopic (exact) mass is 490 g/mol. The molecule has 1 aromatic heterocycles. The van der Waals surface area contributed by atoms with E-state index in [0.29, 0.717) is 21.9 Å². The molecule has 0 fully saturated rings. The predicted octanol–water partition coefficient (Wildman–Crippen LogP) is 4.96. The van der Waals surface area contributed by atoms with Crippen molar-refractivity contribution in [3.63, 3.8) is 0 Å². The van der Waals surface area contributed by atoms with Crippen LogP contribution >= 0.6 is 46.1 Å². The molecule has 0 saturated carbocycles. The summed E-state index contributed by atoms with van der Waals surface area (Å²) in [6, 6.07) is 6.53. The molecule has 162 valence electrons. The zero-order chi connectivity index (χ0) is 21.9. The Morgan fingerprint density at radius 3 is 2.50 bits per heavy atom. The maximum absolute atomic E-state index is 12.7. The van der Waals surface area contributed by atoms with Gasteiger partial charge < -0.3 is 20.1 Å². The Hall–Kier alpha value is -1.67. The number of esters is 1. The van der Waals surface area contributed by atoms with Crippen molar-refractivity contribution in [3.8, 4) is 5.75 Å². The third kappa shape index (κ3) is 5.14. The van der Waals surface area contributed by atoms with E-state index in [4.69, 9.17) is 44.3 Å². The Morgan fingerprint density at radius 2 is 1.90 bits per heavy atom. The van der Waals surface area contributed by atoms with E-state index >= 15 is 0 Å². The molecule has 0 spiro atoms. The topological polar surface area (TPSA) is 76.7 Å². The van der Waals surface area contributed by atoms with Crippen molar-refractivity contribution in [2.75, 3.05) is 19.0 Å². The van der Waals surface area contributed by atoms with Crippen LogP contribution in [0.2, 0.25) is 0 Å². The fourth-order valence-electron chi connectivity index (χ4n) is 3.21. The third-order valence-corrected chi connectivity index (χ3v) is 6.51. The summed E-state index contributed by atoms with van der Waals surface area (Å²) >= 11 is 19.8. The molecule has 2 aromatic rings. The van der Waals surface area contributed by atoms with Crippen LogP contribution in [0.3, 0.4) is 0 Å². The predicted molar refractivity (Wildman–Crippen MR) is 120 cm³/mol. The highest BCUT2D eigenvalue weighted by Crippen LogP contribution is 2.41. The fraction of sp³-hybridized carbons (Fsp3) is 0.400. The molecule has 30 heavy (non-hydrogen) atoms. The van der Waals surface area contributed by atoms with Crippen LogP contribution in [0, 0.1) is 0 Å². The lowest BCUT2D eigenvalue weighted by Crippen LogP contribution is -2.49. The van der Waals surface area contributed by atoms with Crippen molar-refractivity contribution in [1.29, 1.82) is 0 Å². The molecule has 2 N–H and O–H groups in total. The van der Waals surface area contributed by atoms with Gasteiger partial charge in [0.2, 0.25) is 3.79 Å². The number of rotatable bonds is 7. The normalized spacial score (nSPS) is 14.0. The Morgan fingerprint density at radius 1 is 1.20 bits per heavy atom. The van der Waals surface area contributed by atoms with E-state index in [-0.39, 0.29) is 6.61 Å². The largest absolute Gasteiger partial charge is 0.497 e. The molecule has 1 aliphatic carbocycles. The maximum Gasteiger partial charge on any atom is 0.341 e. The number of amides is 1. The number of hydrogen-bond acceptors (Lipinski definition) is 6. The summed E-state index contributed by atoms with van der Waals surface area (Å²) in [5.74, 6) is -0.248. The van der Waals surface area contributed by atoms with Crippen LogP contribution in [0.4, 0.5) is 5.00 Å². The molecule has 1 amide bonds. The minimum absolute atomic E-state index is 0.255. The van der Waals surface area contributed by atoms with Crippen LogP contribution in [0.5, 0.6) is 5.75 Å². The second-order valence-electron chi connectivity index (χ2n) is 6.60. The molecule has 1 aliphatic rings. The lowest BCUT2D eigenvalue weighted by molar-refractivity contribution is 0.0527. The summed E-state index contributed by atoms with van der Waals surface area (Å²) in [4.78, 5) is 26.4.